The zero-order valence-corrected chi connectivity index (χ0v) is 7.84. The van der Waals surface area contributed by atoms with E-state index in [0.717, 1.165) is 24.3 Å². The SMILES string of the molecule is C=C(F)C(=O)Oc1ccc(C(F)(F)F)cc1. The molecule has 1 aromatic rings. The first kappa shape index (κ1) is 12.2. The van der Waals surface area contributed by atoms with Gasteiger partial charge >= 0.3 is 12.1 Å². The standard InChI is InChI=1S/C10H6F4O2/c1-6(11)9(15)16-8-4-2-7(3-5-8)10(12,13)14/h2-5H,1H2. The van der Waals surface area contributed by atoms with Crippen molar-refractivity contribution < 1.29 is 27.1 Å². The van der Waals surface area contributed by atoms with Gasteiger partial charge < -0.3 is 4.74 Å². The lowest BCUT2D eigenvalue weighted by Gasteiger charge is -2.07. The second-order valence-corrected chi connectivity index (χ2v) is 2.82. The number of esters is 1. The summed E-state index contributed by atoms with van der Waals surface area (Å²) in [6.45, 7) is 2.69. The van der Waals surface area contributed by atoms with Gasteiger partial charge in [-0.3, -0.25) is 0 Å². The highest BCUT2D eigenvalue weighted by atomic mass is 19.4. The molecule has 0 heterocycles. The van der Waals surface area contributed by atoms with E-state index in [0.29, 0.717) is 0 Å². The molecule has 0 aromatic heterocycles. The van der Waals surface area contributed by atoms with Crippen LogP contribution in [0.5, 0.6) is 5.75 Å². The number of hydrogen-bond acceptors (Lipinski definition) is 2. The highest BCUT2D eigenvalue weighted by Crippen LogP contribution is 2.30. The quantitative estimate of drug-likeness (QED) is 0.340. The lowest BCUT2D eigenvalue weighted by Crippen LogP contribution is -2.08. The number of hydrogen-bond donors (Lipinski definition) is 0. The third-order valence-corrected chi connectivity index (χ3v) is 1.61. The topological polar surface area (TPSA) is 26.3 Å². The second kappa shape index (κ2) is 4.34. The molecule has 0 fully saturated rings. The monoisotopic (exact) mass is 234 g/mol. The van der Waals surface area contributed by atoms with Crippen LogP contribution in [0.25, 0.3) is 0 Å². The molecule has 2 nitrogen and oxygen atoms in total. The maximum Gasteiger partial charge on any atom is 0.416 e. The summed E-state index contributed by atoms with van der Waals surface area (Å²) in [7, 11) is 0. The van der Waals surface area contributed by atoms with E-state index in [2.05, 4.69) is 11.3 Å². The summed E-state index contributed by atoms with van der Waals surface area (Å²) >= 11 is 0. The largest absolute Gasteiger partial charge is 0.421 e. The molecule has 0 spiro atoms. The highest BCUT2D eigenvalue weighted by Gasteiger charge is 2.30. The number of ether oxygens (including phenoxy) is 1. The van der Waals surface area contributed by atoms with Gasteiger partial charge in [-0.05, 0) is 24.3 Å². The summed E-state index contributed by atoms with van der Waals surface area (Å²) in [5.41, 5.74) is -0.883. The third-order valence-electron chi connectivity index (χ3n) is 1.61. The van der Waals surface area contributed by atoms with Gasteiger partial charge in [-0.15, -0.1) is 0 Å². The van der Waals surface area contributed by atoms with Crippen molar-refractivity contribution in [3.8, 4) is 5.75 Å². The zero-order valence-electron chi connectivity index (χ0n) is 7.84. The molecule has 6 heteroatoms. The van der Waals surface area contributed by atoms with E-state index in [9.17, 15) is 22.4 Å². The molecule has 0 saturated carbocycles. The number of halogens is 4. The molecule has 0 unspecified atom stereocenters. The minimum atomic E-state index is -4.47. The van der Waals surface area contributed by atoms with Crippen LogP contribution in [-0.2, 0) is 11.0 Å². The normalized spacial score (nSPS) is 11.0. The average Bonchev–Trinajstić information content (AvgIpc) is 2.17. The van der Waals surface area contributed by atoms with Gasteiger partial charge in [0.05, 0.1) is 5.56 Å². The number of alkyl halides is 3. The molecule has 0 bridgehead atoms. The maximum atomic E-state index is 12.2. The first-order valence-corrected chi connectivity index (χ1v) is 4.04. The van der Waals surface area contributed by atoms with Crippen LogP contribution in [-0.4, -0.2) is 5.97 Å². The van der Waals surface area contributed by atoms with Crippen LogP contribution in [0.2, 0.25) is 0 Å². The molecule has 1 aromatic carbocycles. The molecular formula is C10H6F4O2. The van der Waals surface area contributed by atoms with E-state index in [1.807, 2.05) is 0 Å². The van der Waals surface area contributed by atoms with Gasteiger partial charge in [0.25, 0.3) is 0 Å². The van der Waals surface area contributed by atoms with Gasteiger partial charge in [0.1, 0.15) is 5.75 Å². The number of rotatable bonds is 2. The van der Waals surface area contributed by atoms with E-state index in [4.69, 9.17) is 0 Å². The molecule has 0 radical (unpaired) electrons. The zero-order chi connectivity index (χ0) is 12.3. The van der Waals surface area contributed by atoms with Crippen molar-refractivity contribution in [1.82, 2.24) is 0 Å². The Morgan fingerprint density at radius 2 is 1.69 bits per heavy atom. The molecule has 0 atom stereocenters. The van der Waals surface area contributed by atoms with Crippen LogP contribution in [0.1, 0.15) is 5.56 Å². The van der Waals surface area contributed by atoms with Gasteiger partial charge in [0.2, 0.25) is 5.83 Å². The van der Waals surface area contributed by atoms with Crippen molar-refractivity contribution in [2.45, 2.75) is 6.18 Å². The van der Waals surface area contributed by atoms with Gasteiger partial charge in [0.15, 0.2) is 0 Å². The molecule has 0 amide bonds. The smallest absolute Gasteiger partial charge is 0.416 e. The van der Waals surface area contributed by atoms with Crippen molar-refractivity contribution in [3.63, 3.8) is 0 Å². The Labute approximate surface area is 88.1 Å². The fourth-order valence-electron chi connectivity index (χ4n) is 0.874. The summed E-state index contributed by atoms with van der Waals surface area (Å²) < 4.78 is 52.9. The van der Waals surface area contributed by atoms with Crippen LogP contribution < -0.4 is 4.74 Å². The van der Waals surface area contributed by atoms with Crippen molar-refractivity contribution in [2.75, 3.05) is 0 Å². The maximum absolute atomic E-state index is 12.2. The van der Waals surface area contributed by atoms with Crippen LogP contribution >= 0.6 is 0 Å². The van der Waals surface area contributed by atoms with Crippen molar-refractivity contribution >= 4 is 5.97 Å². The van der Waals surface area contributed by atoms with E-state index < -0.39 is 23.5 Å². The Morgan fingerprint density at radius 1 is 1.19 bits per heavy atom. The molecular weight excluding hydrogens is 228 g/mol. The summed E-state index contributed by atoms with van der Waals surface area (Å²) in [6, 6.07) is 3.29. The molecule has 0 aliphatic carbocycles. The van der Waals surface area contributed by atoms with Crippen LogP contribution in [0.4, 0.5) is 17.6 Å². The molecule has 16 heavy (non-hydrogen) atoms. The number of carbonyl (C=O) groups is 1. The first-order chi connectivity index (χ1) is 7.30. The lowest BCUT2D eigenvalue weighted by molar-refractivity contribution is -0.137. The summed E-state index contributed by atoms with van der Waals surface area (Å²) in [4.78, 5) is 10.7. The highest BCUT2D eigenvalue weighted by molar-refractivity contribution is 5.87. The average molecular weight is 234 g/mol. The Balaban J connectivity index is 2.80. The Hall–Kier alpha value is -1.85. The lowest BCUT2D eigenvalue weighted by atomic mass is 10.2. The Morgan fingerprint density at radius 3 is 2.06 bits per heavy atom. The fourth-order valence-corrected chi connectivity index (χ4v) is 0.874. The molecule has 0 N–H and O–H groups in total. The van der Waals surface area contributed by atoms with E-state index >= 15 is 0 Å². The van der Waals surface area contributed by atoms with Crippen molar-refractivity contribution in [1.29, 1.82) is 0 Å². The van der Waals surface area contributed by atoms with Gasteiger partial charge in [-0.1, -0.05) is 6.58 Å². The Bertz CT molecular complexity index is 406. The molecule has 0 aliphatic heterocycles. The molecule has 0 aliphatic rings. The van der Waals surface area contributed by atoms with E-state index in [1.54, 1.807) is 0 Å². The molecule has 0 saturated heterocycles. The predicted octanol–water partition coefficient (Wildman–Crippen LogP) is 3.09. The van der Waals surface area contributed by atoms with Crippen LogP contribution in [0, 0.1) is 0 Å². The Kier molecular flexibility index (Phi) is 3.31. The molecule has 1 rings (SSSR count). The minimum Gasteiger partial charge on any atom is -0.421 e. The summed E-state index contributed by atoms with van der Waals surface area (Å²) in [5.74, 6) is -2.84. The minimum absolute atomic E-state index is 0.184. The van der Waals surface area contributed by atoms with Gasteiger partial charge in [-0.25, -0.2) is 4.79 Å². The van der Waals surface area contributed by atoms with Gasteiger partial charge in [-0.2, -0.15) is 17.6 Å². The van der Waals surface area contributed by atoms with E-state index in [1.165, 1.54) is 0 Å². The van der Waals surface area contributed by atoms with Crippen molar-refractivity contribution in [3.05, 3.63) is 42.2 Å². The molecule has 86 valence electrons. The summed E-state index contributed by atoms with van der Waals surface area (Å²) in [5, 5.41) is 0. The van der Waals surface area contributed by atoms with Crippen LogP contribution in [0.3, 0.4) is 0 Å². The first-order valence-electron chi connectivity index (χ1n) is 4.04. The third kappa shape index (κ3) is 3.08. The predicted molar refractivity (Wildman–Crippen MR) is 47.3 cm³/mol. The second-order valence-electron chi connectivity index (χ2n) is 2.82. The fraction of sp³-hybridized carbons (Fsp3) is 0.100. The summed E-state index contributed by atoms with van der Waals surface area (Å²) in [6.07, 6.45) is -4.47. The number of benzene rings is 1. The number of carbonyl (C=O) groups excluding carboxylic acids is 1. The van der Waals surface area contributed by atoms with E-state index in [-0.39, 0.29) is 5.75 Å². The van der Waals surface area contributed by atoms with Gasteiger partial charge in [0, 0.05) is 0 Å². The van der Waals surface area contributed by atoms with Crippen LogP contribution in [0.15, 0.2) is 36.7 Å². The van der Waals surface area contributed by atoms with Crippen molar-refractivity contribution in [2.24, 2.45) is 0 Å².